The van der Waals surface area contributed by atoms with Gasteiger partial charge < -0.3 is 20.2 Å². The standard InChI is InChI=1S/C22H23F3N4O2.HI/c23-22(24,25)18-4-1-3-16(13-18)14-28-21(27-11-8-19-5-2-12-31-19)29-15-20(30)17-6-9-26-10-7-17;/h1-7,9-10,12-13,20,30H,8,11,14-15H2,(H2,27,28,29);1H. The quantitative estimate of drug-likeness (QED) is 0.217. The molecule has 3 aromatic rings. The average Bonchev–Trinajstić information content (AvgIpc) is 3.29. The van der Waals surface area contributed by atoms with E-state index in [2.05, 4.69) is 20.6 Å². The minimum absolute atomic E-state index is 0. The van der Waals surface area contributed by atoms with E-state index in [1.54, 1.807) is 42.9 Å². The maximum Gasteiger partial charge on any atom is 0.416 e. The van der Waals surface area contributed by atoms with Crippen molar-refractivity contribution in [2.24, 2.45) is 4.99 Å². The fourth-order valence-corrected chi connectivity index (χ4v) is 2.85. The molecule has 2 aromatic heterocycles. The summed E-state index contributed by atoms with van der Waals surface area (Å²) in [5, 5.41) is 16.5. The molecule has 0 amide bonds. The first kappa shape index (κ1) is 25.7. The third-order valence-electron chi connectivity index (χ3n) is 4.47. The van der Waals surface area contributed by atoms with Crippen molar-refractivity contribution in [2.45, 2.75) is 25.2 Å². The Bertz CT molecular complexity index is 967. The molecule has 0 spiro atoms. The van der Waals surface area contributed by atoms with Crippen molar-refractivity contribution in [1.82, 2.24) is 15.6 Å². The summed E-state index contributed by atoms with van der Waals surface area (Å²) in [7, 11) is 0. The molecule has 1 atom stereocenters. The van der Waals surface area contributed by atoms with Crippen LogP contribution in [0.5, 0.6) is 0 Å². The summed E-state index contributed by atoms with van der Waals surface area (Å²) >= 11 is 0. The summed E-state index contributed by atoms with van der Waals surface area (Å²) in [5.74, 6) is 1.17. The highest BCUT2D eigenvalue weighted by atomic mass is 127. The van der Waals surface area contributed by atoms with Gasteiger partial charge in [-0.25, -0.2) is 4.99 Å². The number of aliphatic imine (C=N–C) groups is 1. The molecular formula is C22H24F3IN4O2. The summed E-state index contributed by atoms with van der Waals surface area (Å²) in [6, 6.07) is 12.1. The molecule has 0 aliphatic rings. The number of benzene rings is 1. The monoisotopic (exact) mass is 560 g/mol. The highest BCUT2D eigenvalue weighted by Crippen LogP contribution is 2.29. The van der Waals surface area contributed by atoms with Gasteiger partial charge in [0.25, 0.3) is 0 Å². The zero-order valence-corrected chi connectivity index (χ0v) is 19.4. The highest BCUT2D eigenvalue weighted by Gasteiger charge is 2.30. The first-order chi connectivity index (χ1) is 14.9. The Morgan fingerprint density at radius 1 is 1.09 bits per heavy atom. The number of nitrogens with zero attached hydrogens (tertiary/aromatic N) is 2. The lowest BCUT2D eigenvalue weighted by Gasteiger charge is -2.16. The van der Waals surface area contributed by atoms with Crippen LogP contribution in [0.1, 0.15) is 28.6 Å². The lowest BCUT2D eigenvalue weighted by atomic mass is 10.1. The van der Waals surface area contributed by atoms with Crippen LogP contribution in [0.15, 0.2) is 76.6 Å². The summed E-state index contributed by atoms with van der Waals surface area (Å²) in [6.45, 7) is 0.706. The Balaban J connectivity index is 0.00000363. The molecule has 2 heterocycles. The van der Waals surface area contributed by atoms with Gasteiger partial charge in [0.2, 0.25) is 0 Å². The van der Waals surface area contributed by atoms with Gasteiger partial charge in [-0.1, -0.05) is 12.1 Å². The third-order valence-corrected chi connectivity index (χ3v) is 4.47. The van der Waals surface area contributed by atoms with Crippen molar-refractivity contribution in [3.8, 4) is 0 Å². The van der Waals surface area contributed by atoms with Crippen molar-refractivity contribution in [2.75, 3.05) is 13.1 Å². The van der Waals surface area contributed by atoms with E-state index in [1.807, 2.05) is 6.07 Å². The van der Waals surface area contributed by atoms with Crippen LogP contribution in [-0.4, -0.2) is 29.1 Å². The Hall–Kier alpha value is -2.60. The van der Waals surface area contributed by atoms with E-state index < -0.39 is 17.8 Å². The number of hydrogen-bond donors (Lipinski definition) is 3. The Labute approximate surface area is 201 Å². The number of pyridine rings is 1. The topological polar surface area (TPSA) is 82.7 Å². The molecule has 1 unspecified atom stereocenters. The van der Waals surface area contributed by atoms with Crippen molar-refractivity contribution in [1.29, 1.82) is 0 Å². The highest BCUT2D eigenvalue weighted by molar-refractivity contribution is 14.0. The van der Waals surface area contributed by atoms with Crippen LogP contribution in [0.3, 0.4) is 0 Å². The Morgan fingerprint density at radius 3 is 2.56 bits per heavy atom. The first-order valence-electron chi connectivity index (χ1n) is 9.70. The van der Waals surface area contributed by atoms with E-state index in [9.17, 15) is 18.3 Å². The maximum absolute atomic E-state index is 12.9. The molecule has 3 N–H and O–H groups in total. The number of aromatic nitrogens is 1. The van der Waals surface area contributed by atoms with E-state index in [0.717, 1.165) is 17.9 Å². The van der Waals surface area contributed by atoms with Crippen LogP contribution in [-0.2, 0) is 19.1 Å². The zero-order valence-electron chi connectivity index (χ0n) is 17.0. The van der Waals surface area contributed by atoms with Crippen LogP contribution in [0.2, 0.25) is 0 Å². The molecule has 0 bridgehead atoms. The van der Waals surface area contributed by atoms with Gasteiger partial charge in [-0.2, -0.15) is 13.2 Å². The molecule has 0 saturated heterocycles. The molecule has 6 nitrogen and oxygen atoms in total. The minimum atomic E-state index is -4.41. The molecule has 0 fully saturated rings. The van der Waals surface area contributed by atoms with E-state index >= 15 is 0 Å². The Morgan fingerprint density at radius 2 is 1.88 bits per heavy atom. The number of nitrogens with one attached hydrogen (secondary N) is 2. The molecule has 0 aliphatic carbocycles. The lowest BCUT2D eigenvalue weighted by molar-refractivity contribution is -0.137. The minimum Gasteiger partial charge on any atom is -0.469 e. The van der Waals surface area contributed by atoms with Crippen molar-refractivity contribution < 1.29 is 22.7 Å². The first-order valence-corrected chi connectivity index (χ1v) is 9.70. The molecular weight excluding hydrogens is 536 g/mol. The summed E-state index contributed by atoms with van der Waals surface area (Å²) in [5.41, 5.74) is 0.403. The number of furan rings is 1. The van der Waals surface area contributed by atoms with Crippen LogP contribution < -0.4 is 10.6 Å². The van der Waals surface area contributed by atoms with Gasteiger partial charge in [-0.05, 0) is 47.5 Å². The van der Waals surface area contributed by atoms with Gasteiger partial charge in [-0.15, -0.1) is 24.0 Å². The normalized spacial score (nSPS) is 12.7. The van der Waals surface area contributed by atoms with Crippen LogP contribution in [0.4, 0.5) is 13.2 Å². The van der Waals surface area contributed by atoms with E-state index in [0.29, 0.717) is 30.1 Å². The molecule has 10 heteroatoms. The van der Waals surface area contributed by atoms with E-state index in [4.69, 9.17) is 4.42 Å². The summed E-state index contributed by atoms with van der Waals surface area (Å²) in [6.07, 6.45) is 0.155. The summed E-state index contributed by atoms with van der Waals surface area (Å²) < 4.78 is 44.1. The zero-order chi connectivity index (χ0) is 22.1. The molecule has 1 aromatic carbocycles. The van der Waals surface area contributed by atoms with Crippen LogP contribution >= 0.6 is 24.0 Å². The molecule has 0 saturated carbocycles. The number of aliphatic hydroxyl groups is 1. The van der Waals surface area contributed by atoms with Gasteiger partial charge in [0.15, 0.2) is 5.96 Å². The predicted molar refractivity (Wildman–Crippen MR) is 126 cm³/mol. The molecule has 3 rings (SSSR count). The van der Waals surface area contributed by atoms with Crippen molar-refractivity contribution >= 4 is 29.9 Å². The third kappa shape index (κ3) is 8.15. The SMILES string of the molecule is I.OC(CNC(=NCc1cccc(C(F)(F)F)c1)NCCc1ccco1)c1ccncc1. The second kappa shape index (κ2) is 12.4. The number of aliphatic hydroxyl groups excluding tert-OH is 1. The number of alkyl halides is 3. The van der Waals surface area contributed by atoms with E-state index in [1.165, 1.54) is 6.07 Å². The average molecular weight is 560 g/mol. The maximum atomic E-state index is 12.9. The fourth-order valence-electron chi connectivity index (χ4n) is 2.85. The van der Waals surface area contributed by atoms with Gasteiger partial charge >= 0.3 is 6.18 Å². The Kier molecular flexibility index (Phi) is 9.97. The fraction of sp³-hybridized carbons (Fsp3) is 0.273. The van der Waals surface area contributed by atoms with E-state index in [-0.39, 0.29) is 37.1 Å². The molecule has 32 heavy (non-hydrogen) atoms. The van der Waals surface area contributed by atoms with Gasteiger partial charge in [0, 0.05) is 31.9 Å². The van der Waals surface area contributed by atoms with Crippen LogP contribution in [0.25, 0.3) is 0 Å². The second-order valence-corrected chi connectivity index (χ2v) is 6.80. The second-order valence-electron chi connectivity index (χ2n) is 6.80. The van der Waals surface area contributed by atoms with Crippen LogP contribution in [0, 0.1) is 0 Å². The number of rotatable bonds is 8. The van der Waals surface area contributed by atoms with Crippen molar-refractivity contribution in [3.05, 3.63) is 89.6 Å². The number of hydrogen-bond acceptors (Lipinski definition) is 4. The largest absolute Gasteiger partial charge is 0.469 e. The lowest BCUT2D eigenvalue weighted by Crippen LogP contribution is -2.40. The number of halogens is 4. The molecule has 0 aliphatic heterocycles. The molecule has 172 valence electrons. The molecule has 0 radical (unpaired) electrons. The van der Waals surface area contributed by atoms with Gasteiger partial charge in [0.1, 0.15) is 5.76 Å². The van der Waals surface area contributed by atoms with Gasteiger partial charge in [0.05, 0.1) is 24.5 Å². The summed E-state index contributed by atoms with van der Waals surface area (Å²) in [4.78, 5) is 8.29. The van der Waals surface area contributed by atoms with Gasteiger partial charge in [-0.3, -0.25) is 4.98 Å². The smallest absolute Gasteiger partial charge is 0.416 e. The van der Waals surface area contributed by atoms with Crippen molar-refractivity contribution in [3.63, 3.8) is 0 Å². The number of guanidine groups is 1. The predicted octanol–water partition coefficient (Wildman–Crippen LogP) is 4.32.